The predicted molar refractivity (Wildman–Crippen MR) is 90.4 cm³/mol. The highest BCUT2D eigenvalue weighted by Gasteiger charge is 2.24. The Labute approximate surface area is 147 Å². The van der Waals surface area contributed by atoms with E-state index >= 15 is 0 Å². The van der Waals surface area contributed by atoms with Gasteiger partial charge in [-0.1, -0.05) is 18.2 Å². The molecule has 1 aliphatic rings. The molecule has 0 aliphatic carbocycles. The molecule has 2 aromatic carbocycles. The summed E-state index contributed by atoms with van der Waals surface area (Å²) in [7, 11) is 0. The van der Waals surface area contributed by atoms with Gasteiger partial charge in [0.2, 0.25) is 0 Å². The topological polar surface area (TPSA) is 72.5 Å². The van der Waals surface area contributed by atoms with Gasteiger partial charge in [0, 0.05) is 43.6 Å². The molecule has 0 unspecified atom stereocenters. The summed E-state index contributed by atoms with van der Waals surface area (Å²) in [5, 5.41) is 11.0. The maximum Gasteiger partial charge on any atom is 0.344 e. The lowest BCUT2D eigenvalue weighted by Crippen LogP contribution is -3.00. The number of nitrogens with two attached hydrogens (primary N) is 1. The average Bonchev–Trinajstić information content (AvgIpc) is 2.57. The number of para-hydroxylation sites is 1. The monoisotopic (exact) mass is 347 g/mol. The van der Waals surface area contributed by atoms with Crippen molar-refractivity contribution in [2.75, 3.05) is 41.7 Å². The highest BCUT2D eigenvalue weighted by Crippen LogP contribution is 2.31. The molecule has 2 N–H and O–H groups in total. The smallest absolute Gasteiger partial charge is 0.344 e. The number of nitrogen functional groups attached to an aromatic ring is 1. The number of piperazine rings is 1. The zero-order chi connectivity index (χ0) is 16.4. The van der Waals surface area contributed by atoms with E-state index in [1.807, 2.05) is 25.1 Å². The Morgan fingerprint density at radius 2 is 1.58 bits per heavy atom. The highest BCUT2D eigenvalue weighted by atomic mass is 35.5. The van der Waals surface area contributed by atoms with Crippen molar-refractivity contribution in [3.05, 3.63) is 52.9 Å². The van der Waals surface area contributed by atoms with Crippen LogP contribution in [0.4, 0.5) is 22.7 Å². The van der Waals surface area contributed by atoms with Crippen molar-refractivity contribution in [3.8, 4) is 0 Å². The summed E-state index contributed by atoms with van der Waals surface area (Å²) in [5.41, 5.74) is 9.15. The van der Waals surface area contributed by atoms with Gasteiger partial charge in [-0.05, 0) is 30.7 Å². The summed E-state index contributed by atoms with van der Waals surface area (Å²) >= 11 is 0. The maximum atomic E-state index is 11.0. The second-order valence-corrected chi connectivity index (χ2v) is 5.76. The summed E-state index contributed by atoms with van der Waals surface area (Å²) in [5.74, 6) is 0. The zero-order valence-electron chi connectivity index (χ0n) is 13.5. The minimum atomic E-state index is -0.431. The SMILES string of the molecule is Cc1cc([N+]([O])=O)c(N)cc1N1CCN(c2ccccc2)CC1.[Cl-]. The number of nitrogens with zero attached hydrogens (tertiary/aromatic N) is 3. The van der Waals surface area contributed by atoms with Crippen LogP contribution in [-0.2, 0) is 5.21 Å². The molecule has 2 aromatic rings. The first-order valence-corrected chi connectivity index (χ1v) is 7.65. The Balaban J connectivity index is 0.00000208. The Morgan fingerprint density at radius 1 is 1.00 bits per heavy atom. The molecule has 1 fully saturated rings. The van der Waals surface area contributed by atoms with Crippen molar-refractivity contribution in [1.82, 2.24) is 0 Å². The predicted octanol–water partition coefficient (Wildman–Crippen LogP) is -0.336. The summed E-state index contributed by atoms with van der Waals surface area (Å²) in [6.07, 6.45) is 0. The Hall–Kier alpha value is -2.47. The number of anilines is 3. The lowest BCUT2D eigenvalue weighted by molar-refractivity contribution is -0.769. The molecule has 1 saturated heterocycles. The van der Waals surface area contributed by atoms with Crippen LogP contribution >= 0.6 is 0 Å². The van der Waals surface area contributed by atoms with Crippen LogP contribution in [0.3, 0.4) is 0 Å². The average molecular weight is 348 g/mol. The van der Waals surface area contributed by atoms with Crippen molar-refractivity contribution in [2.45, 2.75) is 6.92 Å². The van der Waals surface area contributed by atoms with Gasteiger partial charge in [0.25, 0.3) is 0 Å². The quantitative estimate of drug-likeness (QED) is 0.609. The van der Waals surface area contributed by atoms with Crippen molar-refractivity contribution in [2.24, 2.45) is 0 Å². The fourth-order valence-corrected chi connectivity index (χ4v) is 3.04. The number of rotatable bonds is 3. The third-order valence-electron chi connectivity index (χ3n) is 4.28. The van der Waals surface area contributed by atoms with Crippen LogP contribution in [0.5, 0.6) is 0 Å². The molecule has 1 aliphatic heterocycles. The number of benzene rings is 2. The minimum absolute atomic E-state index is 0. The van der Waals surface area contributed by atoms with Crippen molar-refractivity contribution < 1.29 is 22.5 Å². The lowest BCUT2D eigenvalue weighted by Gasteiger charge is -2.38. The summed E-state index contributed by atoms with van der Waals surface area (Å²) in [4.78, 5) is 15.1. The van der Waals surface area contributed by atoms with Gasteiger partial charge in [-0.25, -0.2) is 0 Å². The van der Waals surface area contributed by atoms with E-state index in [4.69, 9.17) is 5.73 Å². The largest absolute Gasteiger partial charge is 1.00 e. The van der Waals surface area contributed by atoms with Gasteiger partial charge in [-0.2, -0.15) is 0 Å². The van der Waals surface area contributed by atoms with Crippen LogP contribution in [0, 0.1) is 11.8 Å². The Morgan fingerprint density at radius 3 is 2.17 bits per heavy atom. The Kier molecular flexibility index (Phi) is 5.51. The van der Waals surface area contributed by atoms with Gasteiger partial charge in [-0.3, -0.25) is 0 Å². The molecule has 7 heteroatoms. The van der Waals surface area contributed by atoms with Crippen LogP contribution in [-0.4, -0.2) is 31.1 Å². The van der Waals surface area contributed by atoms with E-state index in [1.54, 1.807) is 12.1 Å². The van der Waals surface area contributed by atoms with Crippen molar-refractivity contribution >= 4 is 22.7 Å². The third kappa shape index (κ3) is 3.54. The van der Waals surface area contributed by atoms with E-state index in [-0.39, 0.29) is 23.8 Å². The van der Waals surface area contributed by atoms with Crippen LogP contribution in [0.25, 0.3) is 0 Å². The lowest BCUT2D eigenvalue weighted by atomic mass is 10.1. The molecule has 24 heavy (non-hydrogen) atoms. The van der Waals surface area contributed by atoms with Gasteiger partial charge in [-0.15, -0.1) is 0 Å². The standard InChI is InChI=1S/C17H20N4O2.ClH/c1-13-11-17(21(22)23)15(18)12-16(13)20-9-7-19(8-10-20)14-5-3-2-4-6-14;/h2-6,11-12H,7-10,18H2,1H3;1H/q+1;/p-1. The number of aryl methyl sites for hydroxylation is 1. The van der Waals surface area contributed by atoms with E-state index < -0.39 is 4.92 Å². The summed E-state index contributed by atoms with van der Waals surface area (Å²) in [6, 6.07) is 13.6. The molecule has 127 valence electrons. The van der Waals surface area contributed by atoms with Crippen LogP contribution in [0.1, 0.15) is 5.56 Å². The van der Waals surface area contributed by atoms with Gasteiger partial charge >= 0.3 is 10.6 Å². The van der Waals surface area contributed by atoms with E-state index in [0.717, 1.165) is 37.4 Å². The fourth-order valence-electron chi connectivity index (χ4n) is 3.04. The number of halogens is 1. The molecular formula is C17H20ClN4O2. The third-order valence-corrected chi connectivity index (χ3v) is 4.28. The van der Waals surface area contributed by atoms with Crippen LogP contribution < -0.4 is 27.9 Å². The summed E-state index contributed by atoms with van der Waals surface area (Å²) < 4.78 is 0. The normalized spacial score (nSPS) is 14.2. The first-order valence-electron chi connectivity index (χ1n) is 7.65. The van der Waals surface area contributed by atoms with Crippen molar-refractivity contribution in [3.63, 3.8) is 0 Å². The van der Waals surface area contributed by atoms with Gasteiger partial charge in [0.05, 0.1) is 10.1 Å². The van der Waals surface area contributed by atoms with Gasteiger partial charge in [0.1, 0.15) is 5.69 Å². The molecule has 0 amide bonds. The molecule has 3 rings (SSSR count). The molecule has 0 spiro atoms. The van der Waals surface area contributed by atoms with Crippen LogP contribution in [0.15, 0.2) is 42.5 Å². The first kappa shape index (κ1) is 17.9. The molecule has 1 radical (unpaired) electrons. The Bertz CT molecular complexity index is 716. The minimum Gasteiger partial charge on any atom is -1.00 e. The molecule has 0 saturated carbocycles. The zero-order valence-corrected chi connectivity index (χ0v) is 14.2. The fraction of sp³-hybridized carbons (Fsp3) is 0.294. The van der Waals surface area contributed by atoms with E-state index in [1.165, 1.54) is 5.69 Å². The second kappa shape index (κ2) is 7.40. The van der Waals surface area contributed by atoms with Gasteiger partial charge in [0.15, 0.2) is 0 Å². The first-order chi connectivity index (χ1) is 11.1. The van der Waals surface area contributed by atoms with E-state index in [0.29, 0.717) is 0 Å². The van der Waals surface area contributed by atoms with Crippen LogP contribution in [0.2, 0.25) is 0 Å². The molecule has 6 nitrogen and oxygen atoms in total. The van der Waals surface area contributed by atoms with E-state index in [9.17, 15) is 10.1 Å². The van der Waals surface area contributed by atoms with E-state index in [2.05, 4.69) is 21.9 Å². The maximum absolute atomic E-state index is 11.0. The number of hydrogen-bond acceptors (Lipinski definition) is 4. The highest BCUT2D eigenvalue weighted by molar-refractivity contribution is 5.70. The summed E-state index contributed by atoms with van der Waals surface area (Å²) in [6.45, 7) is 5.46. The molecule has 0 atom stereocenters. The molecule has 0 bridgehead atoms. The van der Waals surface area contributed by atoms with Crippen molar-refractivity contribution in [1.29, 1.82) is 0 Å². The molecule has 1 heterocycles. The molecular weight excluding hydrogens is 328 g/mol. The second-order valence-electron chi connectivity index (χ2n) is 5.76. The van der Waals surface area contributed by atoms with Gasteiger partial charge < -0.3 is 27.9 Å². The number of hydrogen-bond donors (Lipinski definition) is 1. The molecule has 0 aromatic heterocycles.